The minimum atomic E-state index is -4.73. The number of nitrogens with one attached hydrogen (secondary N) is 2. The van der Waals surface area contributed by atoms with Crippen molar-refractivity contribution in [2.75, 3.05) is 11.9 Å². The number of alkyl halides is 3. The molecule has 0 bridgehead atoms. The summed E-state index contributed by atoms with van der Waals surface area (Å²) in [6.07, 6.45) is -3.76. The van der Waals surface area contributed by atoms with Crippen LogP contribution in [0.15, 0.2) is 35.4 Å². The zero-order valence-electron chi connectivity index (χ0n) is 13.6. The third-order valence-electron chi connectivity index (χ3n) is 3.33. The van der Waals surface area contributed by atoms with E-state index in [1.165, 1.54) is 17.8 Å². The lowest BCUT2D eigenvalue weighted by Crippen LogP contribution is -2.33. The number of hydrogen-bond acceptors (Lipinski definition) is 4. The van der Waals surface area contributed by atoms with Crippen LogP contribution in [-0.4, -0.2) is 31.6 Å². The summed E-state index contributed by atoms with van der Waals surface area (Å²) < 4.78 is 76.2. The Morgan fingerprint density at radius 2 is 1.96 bits per heavy atom. The van der Waals surface area contributed by atoms with Gasteiger partial charge in [0.15, 0.2) is 0 Å². The monoisotopic (exact) mass is 404 g/mol. The Kier molecular flexibility index (Phi) is 5.57. The number of aromatic nitrogens is 1. The Hall–Kier alpha value is -2.91. The van der Waals surface area contributed by atoms with Crippen LogP contribution in [0.2, 0.25) is 0 Å². The number of hydrogen-bond donors (Lipinski definition) is 2. The highest BCUT2D eigenvalue weighted by Crippen LogP contribution is 2.19. The summed E-state index contributed by atoms with van der Waals surface area (Å²) in [6.45, 7) is -1.75. The van der Waals surface area contributed by atoms with Crippen molar-refractivity contribution < 1.29 is 30.8 Å². The topological polar surface area (TPSA) is 104 Å². The van der Waals surface area contributed by atoms with Gasteiger partial charge in [-0.05, 0) is 24.3 Å². The lowest BCUT2D eigenvalue weighted by molar-refractivity contribution is -0.121. The number of nitrogens with zero attached hydrogens (tertiary/aromatic N) is 2. The van der Waals surface area contributed by atoms with Gasteiger partial charge in [-0.1, -0.05) is 0 Å². The first-order valence-electron chi connectivity index (χ1n) is 7.17. The van der Waals surface area contributed by atoms with Crippen molar-refractivity contribution in [3.05, 3.63) is 47.5 Å². The summed E-state index contributed by atoms with van der Waals surface area (Å²) in [7, 11) is -3.16. The van der Waals surface area contributed by atoms with Gasteiger partial charge in [0.1, 0.15) is 29.0 Å². The normalized spacial score (nSPS) is 11.9. The molecule has 1 heterocycles. The molecule has 12 heteroatoms. The predicted molar refractivity (Wildman–Crippen MR) is 85.7 cm³/mol. The van der Waals surface area contributed by atoms with E-state index < -0.39 is 39.4 Å². The average Bonchev–Trinajstić information content (AvgIpc) is 2.97. The van der Waals surface area contributed by atoms with E-state index >= 15 is 0 Å². The van der Waals surface area contributed by atoms with Crippen molar-refractivity contribution in [3.63, 3.8) is 0 Å². The maximum Gasteiger partial charge on any atom is 0.402 e. The molecule has 2 rings (SSSR count). The van der Waals surface area contributed by atoms with Crippen LogP contribution in [0.5, 0.6) is 0 Å². The first-order valence-corrected chi connectivity index (χ1v) is 8.65. The molecule has 144 valence electrons. The maximum absolute atomic E-state index is 13.3. The minimum Gasteiger partial charge on any atom is -0.345 e. The molecular formula is C15H12F4N4O3S. The van der Waals surface area contributed by atoms with Crippen molar-refractivity contribution >= 4 is 21.6 Å². The summed E-state index contributed by atoms with van der Waals surface area (Å²) in [5.74, 6) is -1.58. The molecule has 0 aliphatic carbocycles. The Balaban J connectivity index is 2.23. The number of sulfonamides is 1. The molecule has 0 radical (unpaired) electrons. The van der Waals surface area contributed by atoms with Crippen molar-refractivity contribution in [3.8, 4) is 6.07 Å². The number of benzene rings is 1. The Morgan fingerprint density at radius 1 is 1.30 bits per heavy atom. The number of amides is 1. The molecule has 0 aliphatic rings. The highest BCUT2D eigenvalue weighted by molar-refractivity contribution is 7.89. The van der Waals surface area contributed by atoms with Crippen LogP contribution in [0, 0.1) is 17.1 Å². The van der Waals surface area contributed by atoms with Gasteiger partial charge in [0, 0.05) is 18.9 Å². The van der Waals surface area contributed by atoms with E-state index in [-0.39, 0.29) is 16.9 Å². The number of carbonyl (C=O) groups is 1. The van der Waals surface area contributed by atoms with Crippen LogP contribution in [0.3, 0.4) is 0 Å². The Bertz CT molecular complexity index is 1020. The van der Waals surface area contributed by atoms with Gasteiger partial charge in [0.2, 0.25) is 10.0 Å². The summed E-state index contributed by atoms with van der Waals surface area (Å²) in [6, 6.07) is 5.74. The summed E-state index contributed by atoms with van der Waals surface area (Å²) >= 11 is 0. The molecule has 2 N–H and O–H groups in total. The van der Waals surface area contributed by atoms with Gasteiger partial charge in [-0.3, -0.25) is 4.79 Å². The summed E-state index contributed by atoms with van der Waals surface area (Å²) in [5.41, 5.74) is -0.400. The van der Waals surface area contributed by atoms with Gasteiger partial charge in [0.05, 0.1) is 5.56 Å². The van der Waals surface area contributed by atoms with Gasteiger partial charge < -0.3 is 9.88 Å². The maximum atomic E-state index is 13.3. The molecule has 0 atom stereocenters. The largest absolute Gasteiger partial charge is 0.402 e. The number of carbonyl (C=O) groups excluding carboxylic acids is 1. The van der Waals surface area contributed by atoms with E-state index in [9.17, 15) is 30.8 Å². The van der Waals surface area contributed by atoms with Gasteiger partial charge in [0.25, 0.3) is 5.91 Å². The van der Waals surface area contributed by atoms with E-state index in [0.29, 0.717) is 0 Å². The highest BCUT2D eigenvalue weighted by atomic mass is 32.2. The second-order valence-corrected chi connectivity index (χ2v) is 7.14. The fraction of sp³-hybridized carbons (Fsp3) is 0.200. The molecule has 0 saturated carbocycles. The van der Waals surface area contributed by atoms with Crippen LogP contribution in [0.25, 0.3) is 0 Å². The molecule has 0 aliphatic heterocycles. The SMILES string of the molecule is Cn1cc(S(=O)(=O)NCC(F)(F)F)cc1C(=O)Nc1ccc(F)c(C#N)c1. The molecule has 1 aromatic heterocycles. The van der Waals surface area contributed by atoms with E-state index in [1.54, 1.807) is 6.07 Å². The minimum absolute atomic E-state index is 0.0822. The molecule has 1 amide bonds. The van der Waals surface area contributed by atoms with Crippen LogP contribution < -0.4 is 10.0 Å². The molecular weight excluding hydrogens is 392 g/mol. The molecule has 2 aromatic rings. The molecule has 0 unspecified atom stereocenters. The average molecular weight is 404 g/mol. The van der Waals surface area contributed by atoms with Crippen molar-refractivity contribution in [1.82, 2.24) is 9.29 Å². The lowest BCUT2D eigenvalue weighted by Gasteiger charge is -2.07. The zero-order valence-corrected chi connectivity index (χ0v) is 14.4. The van der Waals surface area contributed by atoms with Crippen LogP contribution in [0.1, 0.15) is 16.1 Å². The van der Waals surface area contributed by atoms with E-state index in [2.05, 4.69) is 5.32 Å². The number of halogens is 4. The fourth-order valence-corrected chi connectivity index (χ4v) is 3.13. The lowest BCUT2D eigenvalue weighted by atomic mass is 10.2. The van der Waals surface area contributed by atoms with Gasteiger partial charge in [-0.15, -0.1) is 0 Å². The molecule has 0 saturated heterocycles. The van der Waals surface area contributed by atoms with E-state index in [4.69, 9.17) is 5.26 Å². The summed E-state index contributed by atoms with van der Waals surface area (Å²) in [5, 5.41) is 11.1. The predicted octanol–water partition coefficient (Wildman–Crippen LogP) is 2.13. The molecule has 0 spiro atoms. The molecule has 1 aromatic carbocycles. The van der Waals surface area contributed by atoms with Crippen LogP contribution >= 0.6 is 0 Å². The third-order valence-corrected chi connectivity index (χ3v) is 4.70. The Morgan fingerprint density at radius 3 is 2.56 bits per heavy atom. The second kappa shape index (κ2) is 7.37. The Labute approximate surface area is 151 Å². The molecule has 0 fully saturated rings. The number of anilines is 1. The third kappa shape index (κ3) is 5.05. The first kappa shape index (κ1) is 20.4. The van der Waals surface area contributed by atoms with Gasteiger partial charge in [-0.2, -0.15) is 18.4 Å². The van der Waals surface area contributed by atoms with Crippen molar-refractivity contribution in [2.24, 2.45) is 7.05 Å². The van der Waals surface area contributed by atoms with Crippen LogP contribution in [0.4, 0.5) is 23.2 Å². The van der Waals surface area contributed by atoms with Gasteiger partial charge in [-0.25, -0.2) is 17.5 Å². The zero-order chi connectivity index (χ0) is 20.4. The second-order valence-electron chi connectivity index (χ2n) is 5.37. The van der Waals surface area contributed by atoms with Crippen molar-refractivity contribution in [1.29, 1.82) is 5.26 Å². The fourth-order valence-electron chi connectivity index (χ4n) is 2.05. The van der Waals surface area contributed by atoms with Gasteiger partial charge >= 0.3 is 6.18 Å². The van der Waals surface area contributed by atoms with Crippen LogP contribution in [-0.2, 0) is 17.1 Å². The number of rotatable bonds is 5. The summed E-state index contributed by atoms with van der Waals surface area (Å²) in [4.78, 5) is 11.7. The standard InChI is InChI=1S/C15H12F4N4O3S/c1-23-7-11(27(25,26)21-8-15(17,18)19)5-13(23)14(24)22-10-2-3-12(16)9(4-10)6-20/h2-5,7,21H,8H2,1H3,(H,22,24). The molecule has 7 nitrogen and oxygen atoms in total. The highest BCUT2D eigenvalue weighted by Gasteiger charge is 2.31. The number of aryl methyl sites for hydroxylation is 1. The molecule has 27 heavy (non-hydrogen) atoms. The number of nitriles is 1. The smallest absolute Gasteiger partial charge is 0.345 e. The van der Waals surface area contributed by atoms with E-state index in [0.717, 1.165) is 29.0 Å². The van der Waals surface area contributed by atoms with Crippen molar-refractivity contribution in [2.45, 2.75) is 11.1 Å². The quantitative estimate of drug-likeness (QED) is 0.745. The van der Waals surface area contributed by atoms with E-state index in [1.807, 2.05) is 0 Å². The first-order chi connectivity index (χ1) is 12.4.